The lowest BCUT2D eigenvalue weighted by Gasteiger charge is -2.39. The molecule has 3 heterocycles. The molecule has 0 bridgehead atoms. The third-order valence-corrected chi connectivity index (χ3v) is 10.1. The van der Waals surface area contributed by atoms with E-state index in [9.17, 15) is 9.59 Å². The van der Waals surface area contributed by atoms with E-state index >= 15 is 0 Å². The predicted octanol–water partition coefficient (Wildman–Crippen LogP) is 4.88. The molecule has 214 valence electrons. The smallest absolute Gasteiger partial charge is 0.317 e. The van der Waals surface area contributed by atoms with Gasteiger partial charge in [-0.3, -0.25) is 4.79 Å². The van der Waals surface area contributed by atoms with E-state index in [-0.39, 0.29) is 11.4 Å². The van der Waals surface area contributed by atoms with Crippen molar-refractivity contribution in [3.05, 3.63) is 65.7 Å². The van der Waals surface area contributed by atoms with Crippen LogP contribution >= 0.6 is 0 Å². The monoisotopic (exact) mass is 544 g/mol. The molecule has 4 fully saturated rings. The molecule has 3 saturated heterocycles. The van der Waals surface area contributed by atoms with E-state index in [2.05, 4.69) is 62.5 Å². The molecule has 1 N–H and O–H groups in total. The van der Waals surface area contributed by atoms with Gasteiger partial charge in [-0.15, -0.1) is 0 Å². The number of ether oxygens (including phenoxy) is 1. The summed E-state index contributed by atoms with van der Waals surface area (Å²) in [5.74, 6) is 1.92. The predicted molar refractivity (Wildman–Crippen MR) is 156 cm³/mol. The lowest BCUT2D eigenvalue weighted by atomic mass is 9.76. The minimum Gasteiger partial charge on any atom is -0.497 e. The summed E-state index contributed by atoms with van der Waals surface area (Å²) in [4.78, 5) is 33.4. The zero-order valence-corrected chi connectivity index (χ0v) is 23.9. The number of carbonyl (C=O) groups is 2. The second kappa shape index (κ2) is 11.8. The average Bonchev–Trinajstić information content (AvgIpc) is 3.72. The molecule has 40 heavy (non-hydrogen) atoms. The van der Waals surface area contributed by atoms with Crippen molar-refractivity contribution in [1.82, 2.24) is 20.0 Å². The first-order chi connectivity index (χ1) is 19.5. The fourth-order valence-corrected chi connectivity index (χ4v) is 7.59. The summed E-state index contributed by atoms with van der Waals surface area (Å²) in [7, 11) is 1.67. The van der Waals surface area contributed by atoms with Crippen molar-refractivity contribution in [2.24, 2.45) is 11.3 Å². The number of methoxy groups -OCH3 is 1. The standard InChI is InChI=1S/C33H44N4O3/c1-40-29-13-11-25(12-14-29)21-36-20-17-33(31(36)38)15-18-35(19-16-33)22-27-23-37(32(39)34-28-9-5-6-10-28)24-30(27)26-7-3-2-4-8-26/h2-4,7-8,11-14,27-28,30H,5-6,9-10,15-24H2,1H3,(H,34,39)/t27-,30?/m0/s1. The van der Waals surface area contributed by atoms with Crippen LogP contribution in [0.1, 0.15) is 62.0 Å². The van der Waals surface area contributed by atoms with Gasteiger partial charge in [0.1, 0.15) is 5.75 Å². The van der Waals surface area contributed by atoms with Crippen LogP contribution in [0.2, 0.25) is 0 Å². The number of likely N-dealkylation sites (tertiary alicyclic amines) is 3. The fraction of sp³-hybridized carbons (Fsp3) is 0.576. The van der Waals surface area contributed by atoms with E-state index in [1.165, 1.54) is 18.4 Å². The van der Waals surface area contributed by atoms with Crippen molar-refractivity contribution in [2.45, 2.75) is 63.5 Å². The highest BCUT2D eigenvalue weighted by molar-refractivity contribution is 5.85. The minimum absolute atomic E-state index is 0.112. The molecule has 7 heteroatoms. The van der Waals surface area contributed by atoms with Gasteiger partial charge in [-0.05, 0) is 74.4 Å². The number of amides is 3. The lowest BCUT2D eigenvalue weighted by molar-refractivity contribution is -0.139. The summed E-state index contributed by atoms with van der Waals surface area (Å²) in [5, 5.41) is 3.31. The largest absolute Gasteiger partial charge is 0.497 e. The van der Waals surface area contributed by atoms with E-state index in [1.54, 1.807) is 7.11 Å². The first-order valence-corrected chi connectivity index (χ1v) is 15.3. The van der Waals surface area contributed by atoms with Crippen LogP contribution in [0.4, 0.5) is 4.79 Å². The van der Waals surface area contributed by atoms with Gasteiger partial charge in [0.15, 0.2) is 0 Å². The van der Waals surface area contributed by atoms with E-state index < -0.39 is 0 Å². The Bertz CT molecular complexity index is 1160. The Balaban J connectivity index is 1.06. The molecule has 1 unspecified atom stereocenters. The van der Waals surface area contributed by atoms with Crippen molar-refractivity contribution in [3.8, 4) is 5.75 Å². The quantitative estimate of drug-likeness (QED) is 0.540. The number of benzene rings is 2. The molecular weight excluding hydrogens is 500 g/mol. The van der Waals surface area contributed by atoms with Gasteiger partial charge in [-0.25, -0.2) is 4.79 Å². The molecule has 2 aromatic rings. The SMILES string of the molecule is COc1ccc(CN2CCC3(CCN(C[C@H]4CN(C(=O)NC5CCCC5)CC4c4ccccc4)CC3)C2=O)cc1. The van der Waals surface area contributed by atoms with Crippen LogP contribution < -0.4 is 10.1 Å². The zero-order chi connectivity index (χ0) is 27.5. The summed E-state index contributed by atoms with van der Waals surface area (Å²) < 4.78 is 5.28. The summed E-state index contributed by atoms with van der Waals surface area (Å²) in [5.41, 5.74) is 2.28. The summed E-state index contributed by atoms with van der Waals surface area (Å²) >= 11 is 0. The van der Waals surface area contributed by atoms with Crippen molar-refractivity contribution < 1.29 is 14.3 Å². The molecule has 7 nitrogen and oxygen atoms in total. The van der Waals surface area contributed by atoms with Gasteiger partial charge in [0.2, 0.25) is 5.91 Å². The van der Waals surface area contributed by atoms with E-state index in [1.807, 2.05) is 12.1 Å². The second-order valence-electron chi connectivity index (χ2n) is 12.5. The van der Waals surface area contributed by atoms with Gasteiger partial charge in [0, 0.05) is 44.7 Å². The third kappa shape index (κ3) is 5.71. The maximum atomic E-state index is 13.6. The van der Waals surface area contributed by atoms with E-state index in [0.717, 1.165) is 82.7 Å². The van der Waals surface area contributed by atoms with Crippen LogP contribution in [0.3, 0.4) is 0 Å². The Morgan fingerprint density at radius 1 is 0.950 bits per heavy atom. The van der Waals surface area contributed by atoms with Crippen LogP contribution in [0.5, 0.6) is 5.75 Å². The van der Waals surface area contributed by atoms with Crippen LogP contribution in [-0.4, -0.2) is 79.1 Å². The number of rotatable bonds is 7. The van der Waals surface area contributed by atoms with Gasteiger partial charge < -0.3 is 24.8 Å². The molecule has 3 aliphatic heterocycles. The highest BCUT2D eigenvalue weighted by atomic mass is 16.5. The van der Waals surface area contributed by atoms with Gasteiger partial charge >= 0.3 is 6.03 Å². The molecule has 1 saturated carbocycles. The Morgan fingerprint density at radius 3 is 2.35 bits per heavy atom. The van der Waals surface area contributed by atoms with Crippen LogP contribution in [0.15, 0.2) is 54.6 Å². The highest BCUT2D eigenvalue weighted by Crippen LogP contribution is 2.43. The first kappa shape index (κ1) is 27.1. The lowest BCUT2D eigenvalue weighted by Crippen LogP contribution is -2.46. The number of piperidine rings is 1. The molecular formula is C33H44N4O3. The Kier molecular flexibility index (Phi) is 8.01. The third-order valence-electron chi connectivity index (χ3n) is 10.1. The van der Waals surface area contributed by atoms with Gasteiger partial charge in [-0.2, -0.15) is 0 Å². The van der Waals surface area contributed by atoms with Gasteiger partial charge in [-0.1, -0.05) is 55.3 Å². The molecule has 2 aromatic carbocycles. The molecule has 4 aliphatic rings. The Labute approximate surface area is 238 Å². The van der Waals surface area contributed by atoms with Crippen LogP contribution in [-0.2, 0) is 11.3 Å². The zero-order valence-electron chi connectivity index (χ0n) is 23.9. The van der Waals surface area contributed by atoms with Crippen molar-refractivity contribution in [3.63, 3.8) is 0 Å². The van der Waals surface area contributed by atoms with Crippen molar-refractivity contribution >= 4 is 11.9 Å². The van der Waals surface area contributed by atoms with Crippen molar-refractivity contribution in [2.75, 3.05) is 46.4 Å². The Hall–Kier alpha value is -3.06. The van der Waals surface area contributed by atoms with E-state index in [0.29, 0.717) is 30.3 Å². The Morgan fingerprint density at radius 2 is 1.65 bits per heavy atom. The number of carbonyl (C=O) groups excluding carboxylic acids is 2. The number of hydrogen-bond acceptors (Lipinski definition) is 4. The minimum atomic E-state index is -0.204. The molecule has 2 atom stereocenters. The summed E-state index contributed by atoms with van der Waals surface area (Å²) in [6, 6.07) is 19.2. The number of urea groups is 1. The second-order valence-corrected chi connectivity index (χ2v) is 12.5. The maximum absolute atomic E-state index is 13.6. The topological polar surface area (TPSA) is 65.1 Å². The van der Waals surface area contributed by atoms with Crippen molar-refractivity contribution in [1.29, 1.82) is 0 Å². The highest BCUT2D eigenvalue weighted by Gasteiger charge is 2.48. The molecule has 0 radical (unpaired) electrons. The average molecular weight is 545 g/mol. The number of nitrogens with one attached hydrogen (secondary N) is 1. The van der Waals surface area contributed by atoms with E-state index in [4.69, 9.17) is 4.74 Å². The molecule has 0 aromatic heterocycles. The molecule has 6 rings (SSSR count). The number of hydrogen-bond donors (Lipinski definition) is 1. The molecule has 1 aliphatic carbocycles. The van der Waals surface area contributed by atoms with Gasteiger partial charge in [0.25, 0.3) is 0 Å². The summed E-state index contributed by atoms with van der Waals surface area (Å²) in [6.45, 7) is 5.98. The summed E-state index contributed by atoms with van der Waals surface area (Å²) in [6.07, 6.45) is 7.48. The van der Waals surface area contributed by atoms with Crippen LogP contribution in [0.25, 0.3) is 0 Å². The molecule has 3 amide bonds. The first-order valence-electron chi connectivity index (χ1n) is 15.3. The van der Waals surface area contributed by atoms with Crippen LogP contribution in [0, 0.1) is 11.3 Å². The maximum Gasteiger partial charge on any atom is 0.317 e. The van der Waals surface area contributed by atoms with Gasteiger partial charge in [0.05, 0.1) is 12.5 Å². The number of nitrogens with zero attached hydrogens (tertiary/aromatic N) is 3. The molecule has 1 spiro atoms. The normalized spacial score (nSPS) is 25.2. The fourth-order valence-electron chi connectivity index (χ4n) is 7.59.